The minimum atomic E-state index is -0.420. The summed E-state index contributed by atoms with van der Waals surface area (Å²) in [6, 6.07) is 5.31. The molecule has 1 saturated heterocycles. The standard InChI is InChI=1S/C15H22N2O4/c1-3-20-15(19)13-6-11(4-5-14(13)16)17-7-10(2)21-12(8-17)9-18/h4-6,10,12,18H,3,7-9,16H2,1-2H3. The number of benzene rings is 1. The van der Waals surface area contributed by atoms with E-state index in [1.165, 1.54) is 0 Å². The van der Waals surface area contributed by atoms with Crippen molar-refractivity contribution in [3.8, 4) is 0 Å². The molecular formula is C15H22N2O4. The molecule has 1 fully saturated rings. The molecule has 3 N–H and O–H groups in total. The van der Waals surface area contributed by atoms with Gasteiger partial charge in [-0.05, 0) is 32.0 Å². The molecule has 0 saturated carbocycles. The zero-order valence-electron chi connectivity index (χ0n) is 12.4. The zero-order chi connectivity index (χ0) is 15.4. The van der Waals surface area contributed by atoms with Gasteiger partial charge < -0.3 is 25.2 Å². The molecule has 1 heterocycles. The van der Waals surface area contributed by atoms with Crippen molar-refractivity contribution in [2.45, 2.75) is 26.1 Å². The number of carbonyl (C=O) groups excluding carboxylic acids is 1. The summed E-state index contributed by atoms with van der Waals surface area (Å²) < 4.78 is 10.6. The summed E-state index contributed by atoms with van der Waals surface area (Å²) in [5.74, 6) is -0.420. The number of hydrogen-bond donors (Lipinski definition) is 2. The molecule has 1 aliphatic heterocycles. The third-order valence-corrected chi connectivity index (χ3v) is 3.43. The Kier molecular flexibility index (Phi) is 5.03. The maximum atomic E-state index is 11.9. The molecule has 2 unspecified atom stereocenters. The maximum Gasteiger partial charge on any atom is 0.340 e. The molecule has 6 heteroatoms. The van der Waals surface area contributed by atoms with Crippen LogP contribution in [0.15, 0.2) is 18.2 Å². The number of nitrogens with two attached hydrogens (primary N) is 1. The van der Waals surface area contributed by atoms with Crippen molar-refractivity contribution in [2.24, 2.45) is 0 Å². The van der Waals surface area contributed by atoms with Gasteiger partial charge in [-0.3, -0.25) is 0 Å². The summed E-state index contributed by atoms with van der Waals surface area (Å²) in [5.41, 5.74) is 7.49. The predicted molar refractivity (Wildman–Crippen MR) is 80.4 cm³/mol. The Hall–Kier alpha value is -1.79. The van der Waals surface area contributed by atoms with Crippen LogP contribution in [0, 0.1) is 0 Å². The minimum Gasteiger partial charge on any atom is -0.462 e. The zero-order valence-corrected chi connectivity index (χ0v) is 12.4. The van der Waals surface area contributed by atoms with E-state index in [1.807, 2.05) is 13.0 Å². The molecule has 0 bridgehead atoms. The van der Waals surface area contributed by atoms with Crippen LogP contribution in [0.3, 0.4) is 0 Å². The van der Waals surface area contributed by atoms with Gasteiger partial charge in [0.15, 0.2) is 0 Å². The fourth-order valence-electron chi connectivity index (χ4n) is 2.48. The Morgan fingerprint density at radius 1 is 1.52 bits per heavy atom. The quantitative estimate of drug-likeness (QED) is 0.637. The Balaban J connectivity index is 2.23. The highest BCUT2D eigenvalue weighted by molar-refractivity contribution is 5.96. The second-order valence-corrected chi connectivity index (χ2v) is 5.15. The number of nitrogens with zero attached hydrogens (tertiary/aromatic N) is 1. The second-order valence-electron chi connectivity index (χ2n) is 5.15. The van der Waals surface area contributed by atoms with Crippen LogP contribution < -0.4 is 10.6 Å². The number of ether oxygens (including phenoxy) is 2. The Morgan fingerprint density at radius 2 is 2.29 bits per heavy atom. The van der Waals surface area contributed by atoms with Crippen molar-refractivity contribution in [2.75, 3.05) is 36.9 Å². The van der Waals surface area contributed by atoms with Gasteiger partial charge in [-0.1, -0.05) is 0 Å². The lowest BCUT2D eigenvalue weighted by atomic mass is 10.1. The molecule has 0 radical (unpaired) electrons. The first kappa shape index (κ1) is 15.6. The topological polar surface area (TPSA) is 85.0 Å². The molecule has 0 spiro atoms. The van der Waals surface area contributed by atoms with Gasteiger partial charge in [-0.2, -0.15) is 0 Å². The summed E-state index contributed by atoms with van der Waals surface area (Å²) in [6.07, 6.45) is -0.211. The number of carbonyl (C=O) groups is 1. The Bertz CT molecular complexity index is 506. The number of hydrogen-bond acceptors (Lipinski definition) is 6. The molecule has 0 aliphatic carbocycles. The van der Waals surface area contributed by atoms with E-state index < -0.39 is 5.97 Å². The van der Waals surface area contributed by atoms with Gasteiger partial charge in [0.1, 0.15) is 0 Å². The largest absolute Gasteiger partial charge is 0.462 e. The van der Waals surface area contributed by atoms with Crippen molar-refractivity contribution in [3.63, 3.8) is 0 Å². The Labute approximate surface area is 124 Å². The van der Waals surface area contributed by atoms with Gasteiger partial charge in [-0.25, -0.2) is 4.79 Å². The van der Waals surface area contributed by atoms with Crippen molar-refractivity contribution < 1.29 is 19.4 Å². The smallest absolute Gasteiger partial charge is 0.340 e. The van der Waals surface area contributed by atoms with Crippen LogP contribution >= 0.6 is 0 Å². The van der Waals surface area contributed by atoms with Gasteiger partial charge in [0, 0.05) is 24.5 Å². The summed E-state index contributed by atoms with van der Waals surface area (Å²) in [7, 11) is 0. The van der Waals surface area contributed by atoms with Crippen LogP contribution in [0.1, 0.15) is 24.2 Å². The van der Waals surface area contributed by atoms with Gasteiger partial charge in [-0.15, -0.1) is 0 Å². The van der Waals surface area contributed by atoms with Crippen molar-refractivity contribution in [3.05, 3.63) is 23.8 Å². The highest BCUT2D eigenvalue weighted by atomic mass is 16.5. The predicted octanol–water partition coefficient (Wildman–Crippen LogP) is 1.03. The number of anilines is 2. The van der Waals surface area contributed by atoms with E-state index in [0.29, 0.717) is 30.9 Å². The average Bonchev–Trinajstić information content (AvgIpc) is 2.47. The first-order valence-electron chi connectivity index (χ1n) is 7.13. The molecule has 21 heavy (non-hydrogen) atoms. The van der Waals surface area contributed by atoms with Gasteiger partial charge >= 0.3 is 5.97 Å². The van der Waals surface area contributed by atoms with E-state index in [-0.39, 0.29) is 18.8 Å². The molecule has 1 aliphatic rings. The van der Waals surface area contributed by atoms with Gasteiger partial charge in [0.2, 0.25) is 0 Å². The summed E-state index contributed by atoms with van der Waals surface area (Å²) >= 11 is 0. The molecule has 116 valence electrons. The highest BCUT2D eigenvalue weighted by Gasteiger charge is 2.25. The normalized spacial score (nSPS) is 22.1. The number of morpholine rings is 1. The third kappa shape index (κ3) is 3.65. The molecule has 6 nitrogen and oxygen atoms in total. The van der Waals surface area contributed by atoms with E-state index in [1.54, 1.807) is 19.1 Å². The molecular weight excluding hydrogens is 272 g/mol. The second kappa shape index (κ2) is 6.78. The first-order valence-corrected chi connectivity index (χ1v) is 7.13. The van der Waals surface area contributed by atoms with Crippen molar-refractivity contribution >= 4 is 17.3 Å². The van der Waals surface area contributed by atoms with Crippen LogP contribution in [-0.2, 0) is 9.47 Å². The number of rotatable bonds is 4. The summed E-state index contributed by atoms with van der Waals surface area (Å²) in [5, 5.41) is 9.28. The minimum absolute atomic E-state index is 0.0134. The van der Waals surface area contributed by atoms with E-state index >= 15 is 0 Å². The Morgan fingerprint density at radius 3 is 2.95 bits per heavy atom. The fourth-order valence-corrected chi connectivity index (χ4v) is 2.48. The van der Waals surface area contributed by atoms with Gasteiger partial charge in [0.05, 0.1) is 31.0 Å². The maximum absolute atomic E-state index is 11.9. The summed E-state index contributed by atoms with van der Waals surface area (Å²) in [6.45, 7) is 5.27. The van der Waals surface area contributed by atoms with E-state index in [0.717, 1.165) is 5.69 Å². The van der Waals surface area contributed by atoms with Crippen LogP contribution in [0.25, 0.3) is 0 Å². The molecule has 1 aromatic rings. The van der Waals surface area contributed by atoms with Crippen LogP contribution in [-0.4, -0.2) is 49.6 Å². The molecule has 0 amide bonds. The number of aliphatic hydroxyl groups excluding tert-OH is 1. The average molecular weight is 294 g/mol. The fraction of sp³-hybridized carbons (Fsp3) is 0.533. The highest BCUT2D eigenvalue weighted by Crippen LogP contribution is 2.25. The molecule has 1 aromatic carbocycles. The summed E-state index contributed by atoms with van der Waals surface area (Å²) in [4.78, 5) is 14.0. The first-order chi connectivity index (χ1) is 10.0. The van der Waals surface area contributed by atoms with Crippen molar-refractivity contribution in [1.82, 2.24) is 0 Å². The number of esters is 1. The number of aliphatic hydroxyl groups is 1. The number of nitrogen functional groups attached to an aromatic ring is 1. The molecule has 2 atom stereocenters. The van der Waals surface area contributed by atoms with Crippen LogP contribution in [0.4, 0.5) is 11.4 Å². The third-order valence-electron chi connectivity index (χ3n) is 3.43. The van der Waals surface area contributed by atoms with Crippen molar-refractivity contribution in [1.29, 1.82) is 0 Å². The molecule has 0 aromatic heterocycles. The SMILES string of the molecule is CCOC(=O)c1cc(N2CC(C)OC(CO)C2)ccc1N. The van der Waals surface area contributed by atoms with Crippen LogP contribution in [0.5, 0.6) is 0 Å². The van der Waals surface area contributed by atoms with Gasteiger partial charge in [0.25, 0.3) is 0 Å². The van der Waals surface area contributed by atoms with E-state index in [2.05, 4.69) is 4.90 Å². The van der Waals surface area contributed by atoms with Crippen LogP contribution in [0.2, 0.25) is 0 Å². The molecule has 2 rings (SSSR count). The lowest BCUT2D eigenvalue weighted by Crippen LogP contribution is -2.48. The van der Waals surface area contributed by atoms with E-state index in [4.69, 9.17) is 15.2 Å². The van der Waals surface area contributed by atoms with E-state index in [9.17, 15) is 9.90 Å². The monoisotopic (exact) mass is 294 g/mol. The lowest BCUT2D eigenvalue weighted by Gasteiger charge is -2.37. The lowest BCUT2D eigenvalue weighted by molar-refractivity contribution is -0.0421.